The van der Waals surface area contributed by atoms with Gasteiger partial charge in [0.05, 0.1) is 18.4 Å². The molecule has 1 aliphatic heterocycles. The molecule has 2 aromatic rings. The van der Waals surface area contributed by atoms with Crippen LogP contribution in [-0.4, -0.2) is 18.9 Å². The van der Waals surface area contributed by atoms with E-state index in [4.69, 9.17) is 4.74 Å². The third-order valence-electron chi connectivity index (χ3n) is 3.72. The summed E-state index contributed by atoms with van der Waals surface area (Å²) in [4.78, 5) is 25.8. The van der Waals surface area contributed by atoms with E-state index in [9.17, 15) is 14.0 Å². The highest BCUT2D eigenvalue weighted by Gasteiger charge is 2.38. The lowest BCUT2D eigenvalue weighted by Crippen LogP contribution is -2.31. The van der Waals surface area contributed by atoms with Crippen molar-refractivity contribution < 1.29 is 18.7 Å². The Hall–Kier alpha value is -2.47. The van der Waals surface area contributed by atoms with Crippen LogP contribution in [0, 0.1) is 5.82 Å². The van der Waals surface area contributed by atoms with Gasteiger partial charge in [-0.05, 0) is 30.3 Å². The van der Waals surface area contributed by atoms with Crippen molar-refractivity contribution in [3.63, 3.8) is 0 Å². The number of imide groups is 1. The number of rotatable bonds is 2. The zero-order valence-electron chi connectivity index (χ0n) is 13.0. The molecule has 0 aliphatic carbocycles. The van der Waals surface area contributed by atoms with E-state index in [0.29, 0.717) is 16.8 Å². The van der Waals surface area contributed by atoms with E-state index in [2.05, 4.69) is 15.9 Å². The number of halogens is 2. The van der Waals surface area contributed by atoms with E-state index in [1.165, 1.54) is 32.2 Å². The number of carbonyl (C=O) groups is 2. The summed E-state index contributed by atoms with van der Waals surface area (Å²) in [5, 5.41) is 0. The molecule has 3 rings (SSSR count). The Bertz CT molecular complexity index is 892. The Morgan fingerprint density at radius 2 is 1.96 bits per heavy atom. The van der Waals surface area contributed by atoms with Crippen LogP contribution in [0.25, 0.3) is 11.3 Å². The first kappa shape index (κ1) is 16.4. The van der Waals surface area contributed by atoms with E-state index < -0.39 is 17.6 Å². The lowest BCUT2D eigenvalue weighted by Gasteiger charge is -2.12. The molecule has 0 bridgehead atoms. The van der Waals surface area contributed by atoms with E-state index >= 15 is 0 Å². The van der Waals surface area contributed by atoms with E-state index in [1.807, 2.05) is 0 Å². The van der Waals surface area contributed by atoms with Crippen molar-refractivity contribution in [3.8, 4) is 0 Å². The van der Waals surface area contributed by atoms with Crippen molar-refractivity contribution in [2.45, 2.75) is 6.92 Å². The molecule has 0 fully saturated rings. The zero-order chi connectivity index (χ0) is 17.4. The Morgan fingerprint density at radius 1 is 1.21 bits per heavy atom. The number of hydrogen-bond acceptors (Lipinski definition) is 3. The lowest BCUT2D eigenvalue weighted by molar-refractivity contribution is -0.122. The van der Waals surface area contributed by atoms with Crippen LogP contribution in [0.5, 0.6) is 0 Å². The number of benzene rings is 2. The second kappa shape index (κ2) is 6.20. The van der Waals surface area contributed by atoms with Gasteiger partial charge < -0.3 is 4.74 Å². The maximum absolute atomic E-state index is 13.6. The van der Waals surface area contributed by atoms with Crippen LogP contribution in [-0.2, 0) is 14.3 Å². The maximum Gasteiger partial charge on any atom is 0.269 e. The second-order valence-corrected chi connectivity index (χ2v) is 6.16. The van der Waals surface area contributed by atoms with Gasteiger partial charge in [0.2, 0.25) is 5.91 Å². The molecule has 1 aliphatic rings. The smallest absolute Gasteiger partial charge is 0.269 e. The largest absolute Gasteiger partial charge is 0.495 e. The van der Waals surface area contributed by atoms with Gasteiger partial charge in [0.1, 0.15) is 11.6 Å². The van der Waals surface area contributed by atoms with Gasteiger partial charge in [-0.2, -0.15) is 0 Å². The van der Waals surface area contributed by atoms with Crippen LogP contribution in [0.3, 0.4) is 0 Å². The predicted molar refractivity (Wildman–Crippen MR) is 92.5 cm³/mol. The fraction of sp³-hybridized carbons (Fsp3) is 0.111. The van der Waals surface area contributed by atoms with Crippen LogP contribution < -0.4 is 4.90 Å². The molecule has 0 radical (unpaired) electrons. The van der Waals surface area contributed by atoms with Crippen LogP contribution in [0.4, 0.5) is 10.1 Å². The highest BCUT2D eigenvalue weighted by Crippen LogP contribution is 2.42. The summed E-state index contributed by atoms with van der Waals surface area (Å²) in [5.74, 6) is -1.10. The van der Waals surface area contributed by atoms with E-state index in [-0.39, 0.29) is 11.3 Å². The molecule has 0 saturated carbocycles. The molecule has 24 heavy (non-hydrogen) atoms. The molecule has 122 valence electrons. The topological polar surface area (TPSA) is 46.6 Å². The normalized spacial score (nSPS) is 15.3. The number of fused-ring (bicyclic) bond motifs is 1. The molecule has 0 spiro atoms. The summed E-state index contributed by atoms with van der Waals surface area (Å²) in [6.45, 7) is 1.32. The Kier molecular flexibility index (Phi) is 4.24. The van der Waals surface area contributed by atoms with Gasteiger partial charge >= 0.3 is 0 Å². The molecule has 0 aromatic heterocycles. The minimum atomic E-state index is -0.489. The molecular weight excluding hydrogens is 377 g/mol. The van der Waals surface area contributed by atoms with Gasteiger partial charge in [-0.1, -0.05) is 28.1 Å². The highest BCUT2D eigenvalue weighted by atomic mass is 79.9. The van der Waals surface area contributed by atoms with Crippen molar-refractivity contribution in [1.29, 1.82) is 0 Å². The maximum atomic E-state index is 13.6. The molecule has 1 heterocycles. The van der Waals surface area contributed by atoms with Gasteiger partial charge in [-0.25, -0.2) is 9.29 Å². The number of methoxy groups -OCH3 is 1. The lowest BCUT2D eigenvalue weighted by atomic mass is 10.0. The minimum absolute atomic E-state index is 0.225. The number of nitrogens with zero attached hydrogens (tertiary/aromatic N) is 1. The summed E-state index contributed by atoms with van der Waals surface area (Å²) in [6, 6.07) is 11.0. The van der Waals surface area contributed by atoms with E-state index in [1.54, 1.807) is 24.3 Å². The zero-order valence-corrected chi connectivity index (χ0v) is 14.6. The summed E-state index contributed by atoms with van der Waals surface area (Å²) < 4.78 is 19.7. The number of amides is 2. The molecule has 0 saturated heterocycles. The Labute approximate surface area is 146 Å². The van der Waals surface area contributed by atoms with Gasteiger partial charge in [-0.3, -0.25) is 9.59 Å². The van der Waals surface area contributed by atoms with Gasteiger partial charge in [0.15, 0.2) is 0 Å². The fourth-order valence-electron chi connectivity index (χ4n) is 2.77. The van der Waals surface area contributed by atoms with Crippen molar-refractivity contribution in [3.05, 3.63) is 63.9 Å². The number of ether oxygens (including phenoxy) is 1. The molecule has 2 aromatic carbocycles. The first-order chi connectivity index (χ1) is 11.4. The van der Waals surface area contributed by atoms with Crippen LogP contribution >= 0.6 is 15.9 Å². The SMILES string of the molecule is CO/C(=C1\C(=O)N(C(C)=O)c2ccc(Br)cc21)c1cccc(F)c1. The highest BCUT2D eigenvalue weighted by molar-refractivity contribution is 9.10. The average Bonchev–Trinajstić information content (AvgIpc) is 2.81. The second-order valence-electron chi connectivity index (χ2n) is 5.24. The standard InChI is InChI=1S/C18H13BrFNO3/c1-10(22)21-15-7-6-12(19)9-14(15)16(18(21)23)17(24-2)11-4-3-5-13(20)8-11/h3-9H,1-2H3/b17-16-. The first-order valence-corrected chi connectivity index (χ1v) is 7.92. The molecule has 4 nitrogen and oxygen atoms in total. The van der Waals surface area contributed by atoms with Gasteiger partial charge in [0.25, 0.3) is 5.91 Å². The number of anilines is 1. The monoisotopic (exact) mass is 389 g/mol. The average molecular weight is 390 g/mol. The molecule has 0 N–H and O–H groups in total. The van der Waals surface area contributed by atoms with Crippen LogP contribution in [0.1, 0.15) is 18.1 Å². The van der Waals surface area contributed by atoms with Crippen molar-refractivity contribution in [1.82, 2.24) is 0 Å². The summed E-state index contributed by atoms with van der Waals surface area (Å²) in [5.41, 5.74) is 1.70. The van der Waals surface area contributed by atoms with Crippen LogP contribution in [0.15, 0.2) is 46.9 Å². The first-order valence-electron chi connectivity index (χ1n) is 7.13. The van der Waals surface area contributed by atoms with Crippen molar-refractivity contribution in [2.24, 2.45) is 0 Å². The van der Waals surface area contributed by atoms with Gasteiger partial charge in [-0.15, -0.1) is 0 Å². The van der Waals surface area contributed by atoms with Crippen molar-refractivity contribution >= 4 is 44.8 Å². The third kappa shape index (κ3) is 2.63. The fourth-order valence-corrected chi connectivity index (χ4v) is 3.13. The molecule has 2 amide bonds. The Morgan fingerprint density at radius 3 is 2.58 bits per heavy atom. The molecule has 0 atom stereocenters. The minimum Gasteiger partial charge on any atom is -0.495 e. The van der Waals surface area contributed by atoms with E-state index in [0.717, 1.165) is 9.37 Å². The third-order valence-corrected chi connectivity index (χ3v) is 4.21. The predicted octanol–water partition coefficient (Wildman–Crippen LogP) is 4.00. The number of hydrogen-bond donors (Lipinski definition) is 0. The Balaban J connectivity index is 2.32. The molecule has 0 unspecified atom stereocenters. The van der Waals surface area contributed by atoms with Crippen molar-refractivity contribution in [2.75, 3.05) is 12.0 Å². The molecule has 6 heteroatoms. The van der Waals surface area contributed by atoms with Gasteiger partial charge in [0, 0.05) is 22.5 Å². The van der Waals surface area contributed by atoms with Crippen LogP contribution in [0.2, 0.25) is 0 Å². The molecular formula is C18H13BrFNO3. The summed E-state index contributed by atoms with van der Waals surface area (Å²) in [6.07, 6.45) is 0. The quantitative estimate of drug-likeness (QED) is 0.576. The number of carbonyl (C=O) groups excluding carboxylic acids is 2. The summed E-state index contributed by atoms with van der Waals surface area (Å²) in [7, 11) is 1.41. The summed E-state index contributed by atoms with van der Waals surface area (Å²) >= 11 is 3.37.